The number of benzene rings is 1. The van der Waals surface area contributed by atoms with Crippen LogP contribution < -0.4 is 0 Å². The maximum atomic E-state index is 13.7. The second kappa shape index (κ2) is 5.61. The molecule has 0 amide bonds. The van der Waals surface area contributed by atoms with Gasteiger partial charge in [0.05, 0.1) is 12.1 Å². The standard InChI is InChI=1S/C13H14BrFN2/c14-11-5-4-10(13(15)7-11)9-17-6-2-1-3-12(17)8-16/h4-5,7,12H,1-3,6,9H2. The van der Waals surface area contributed by atoms with Gasteiger partial charge in [-0.2, -0.15) is 5.26 Å². The average molecular weight is 297 g/mol. The summed E-state index contributed by atoms with van der Waals surface area (Å²) in [5.41, 5.74) is 0.662. The van der Waals surface area contributed by atoms with E-state index in [9.17, 15) is 4.39 Å². The molecule has 0 N–H and O–H groups in total. The lowest BCUT2D eigenvalue weighted by molar-refractivity contribution is 0.174. The van der Waals surface area contributed by atoms with Crippen molar-refractivity contribution in [2.75, 3.05) is 6.54 Å². The number of rotatable bonds is 2. The summed E-state index contributed by atoms with van der Waals surface area (Å²) in [6, 6.07) is 7.33. The van der Waals surface area contributed by atoms with E-state index in [2.05, 4.69) is 26.9 Å². The minimum atomic E-state index is -0.207. The van der Waals surface area contributed by atoms with Crippen LogP contribution in [0.25, 0.3) is 0 Å². The van der Waals surface area contributed by atoms with Gasteiger partial charge >= 0.3 is 0 Å². The Morgan fingerprint density at radius 3 is 3.00 bits per heavy atom. The topological polar surface area (TPSA) is 27.0 Å². The Bertz CT molecular complexity index is 442. The van der Waals surface area contributed by atoms with Crippen LogP contribution in [0.3, 0.4) is 0 Å². The molecule has 2 nitrogen and oxygen atoms in total. The minimum absolute atomic E-state index is 0.0632. The molecule has 1 aromatic rings. The summed E-state index contributed by atoms with van der Waals surface area (Å²) in [7, 11) is 0. The summed E-state index contributed by atoms with van der Waals surface area (Å²) in [5.74, 6) is -0.207. The number of piperidine rings is 1. The predicted octanol–water partition coefficient (Wildman–Crippen LogP) is 3.47. The highest BCUT2D eigenvalue weighted by molar-refractivity contribution is 9.10. The highest BCUT2D eigenvalue weighted by Gasteiger charge is 2.22. The fourth-order valence-corrected chi connectivity index (χ4v) is 2.53. The lowest BCUT2D eigenvalue weighted by Crippen LogP contribution is -2.38. The van der Waals surface area contributed by atoms with Crippen LogP contribution in [0.2, 0.25) is 0 Å². The summed E-state index contributed by atoms with van der Waals surface area (Å²) in [4.78, 5) is 2.07. The zero-order valence-electron chi connectivity index (χ0n) is 9.50. The van der Waals surface area contributed by atoms with Crippen LogP contribution >= 0.6 is 15.9 Å². The van der Waals surface area contributed by atoms with Crippen LogP contribution in [0.5, 0.6) is 0 Å². The van der Waals surface area contributed by atoms with Gasteiger partial charge < -0.3 is 0 Å². The van der Waals surface area contributed by atoms with Gasteiger partial charge in [0, 0.05) is 16.6 Å². The van der Waals surface area contributed by atoms with E-state index in [0.29, 0.717) is 12.1 Å². The monoisotopic (exact) mass is 296 g/mol. The lowest BCUT2D eigenvalue weighted by atomic mass is 10.0. The van der Waals surface area contributed by atoms with Gasteiger partial charge in [-0.3, -0.25) is 4.90 Å². The minimum Gasteiger partial charge on any atom is -0.284 e. The summed E-state index contributed by atoms with van der Waals surface area (Å²) in [6.07, 6.45) is 3.09. The molecule has 0 spiro atoms. The molecule has 0 radical (unpaired) electrons. The number of halogens is 2. The van der Waals surface area contributed by atoms with Crippen molar-refractivity contribution in [3.05, 3.63) is 34.1 Å². The smallest absolute Gasteiger partial charge is 0.128 e. The van der Waals surface area contributed by atoms with Crippen LogP contribution in [-0.4, -0.2) is 17.5 Å². The number of nitrogens with zero attached hydrogens (tertiary/aromatic N) is 2. The van der Waals surface area contributed by atoms with Crippen molar-refractivity contribution in [1.29, 1.82) is 5.26 Å². The van der Waals surface area contributed by atoms with Crippen molar-refractivity contribution in [3.63, 3.8) is 0 Å². The third-order valence-corrected chi connectivity index (χ3v) is 3.64. The van der Waals surface area contributed by atoms with Crippen LogP contribution in [0.4, 0.5) is 4.39 Å². The molecule has 1 fully saturated rings. The molecule has 1 aliphatic rings. The largest absolute Gasteiger partial charge is 0.284 e. The molecule has 1 atom stereocenters. The Morgan fingerprint density at radius 1 is 1.47 bits per heavy atom. The SMILES string of the molecule is N#CC1CCCCN1Cc1ccc(Br)cc1F. The van der Waals surface area contributed by atoms with Gasteiger partial charge in [0.1, 0.15) is 5.82 Å². The third kappa shape index (κ3) is 3.05. The maximum absolute atomic E-state index is 13.7. The number of hydrogen-bond acceptors (Lipinski definition) is 2. The Labute approximate surface area is 109 Å². The Morgan fingerprint density at radius 2 is 2.29 bits per heavy atom. The fraction of sp³-hybridized carbons (Fsp3) is 0.462. The highest BCUT2D eigenvalue weighted by atomic mass is 79.9. The van der Waals surface area contributed by atoms with E-state index in [1.807, 2.05) is 6.07 Å². The van der Waals surface area contributed by atoms with Gasteiger partial charge in [0.25, 0.3) is 0 Å². The second-order valence-corrected chi connectivity index (χ2v) is 5.26. The van der Waals surface area contributed by atoms with Gasteiger partial charge in [0.2, 0.25) is 0 Å². The van der Waals surface area contributed by atoms with Crippen molar-refractivity contribution >= 4 is 15.9 Å². The van der Waals surface area contributed by atoms with Crippen molar-refractivity contribution < 1.29 is 4.39 Å². The first kappa shape index (κ1) is 12.5. The van der Waals surface area contributed by atoms with E-state index in [4.69, 9.17) is 5.26 Å². The molecule has 90 valence electrons. The van der Waals surface area contributed by atoms with Crippen LogP contribution in [0, 0.1) is 17.1 Å². The van der Waals surface area contributed by atoms with Gasteiger partial charge in [-0.25, -0.2) is 4.39 Å². The number of hydrogen-bond donors (Lipinski definition) is 0. The fourth-order valence-electron chi connectivity index (χ4n) is 2.20. The second-order valence-electron chi connectivity index (χ2n) is 4.35. The normalized spacial score (nSPS) is 21.1. The zero-order chi connectivity index (χ0) is 12.3. The van der Waals surface area contributed by atoms with E-state index in [1.165, 1.54) is 6.07 Å². The number of nitriles is 1. The van der Waals surface area contributed by atoms with E-state index in [1.54, 1.807) is 6.07 Å². The molecular weight excluding hydrogens is 283 g/mol. The van der Waals surface area contributed by atoms with Gasteiger partial charge in [0.15, 0.2) is 0 Å². The molecule has 0 bridgehead atoms. The van der Waals surface area contributed by atoms with Crippen LogP contribution in [0.15, 0.2) is 22.7 Å². The molecule has 17 heavy (non-hydrogen) atoms. The van der Waals surface area contributed by atoms with Crippen LogP contribution in [-0.2, 0) is 6.54 Å². The third-order valence-electron chi connectivity index (χ3n) is 3.15. The van der Waals surface area contributed by atoms with E-state index in [-0.39, 0.29) is 11.9 Å². The molecule has 1 aliphatic heterocycles. The van der Waals surface area contributed by atoms with E-state index < -0.39 is 0 Å². The van der Waals surface area contributed by atoms with Crippen molar-refractivity contribution in [2.45, 2.75) is 31.8 Å². The summed E-state index contributed by atoms with van der Waals surface area (Å²) in [6.45, 7) is 1.41. The van der Waals surface area contributed by atoms with Crippen molar-refractivity contribution in [3.8, 4) is 6.07 Å². The Hall–Kier alpha value is -0.920. The van der Waals surface area contributed by atoms with Crippen molar-refractivity contribution in [2.24, 2.45) is 0 Å². The maximum Gasteiger partial charge on any atom is 0.128 e. The quantitative estimate of drug-likeness (QED) is 0.836. The average Bonchev–Trinajstić information content (AvgIpc) is 2.33. The Kier molecular flexibility index (Phi) is 4.14. The zero-order valence-corrected chi connectivity index (χ0v) is 11.1. The molecule has 1 unspecified atom stereocenters. The summed E-state index contributed by atoms with van der Waals surface area (Å²) < 4.78 is 14.4. The summed E-state index contributed by atoms with van der Waals surface area (Å²) in [5, 5.41) is 9.06. The molecule has 2 rings (SSSR count). The molecule has 0 aliphatic carbocycles. The predicted molar refractivity (Wildman–Crippen MR) is 67.8 cm³/mol. The first-order chi connectivity index (χ1) is 8.20. The molecular formula is C13H14BrFN2. The molecule has 1 aromatic carbocycles. The van der Waals surface area contributed by atoms with Crippen molar-refractivity contribution in [1.82, 2.24) is 4.90 Å². The molecule has 4 heteroatoms. The highest BCUT2D eigenvalue weighted by Crippen LogP contribution is 2.22. The number of likely N-dealkylation sites (tertiary alicyclic amines) is 1. The lowest BCUT2D eigenvalue weighted by Gasteiger charge is -2.31. The van der Waals surface area contributed by atoms with Gasteiger partial charge in [-0.05, 0) is 37.9 Å². The van der Waals surface area contributed by atoms with E-state index >= 15 is 0 Å². The first-order valence-corrected chi connectivity index (χ1v) is 6.57. The molecule has 0 saturated carbocycles. The molecule has 0 aromatic heterocycles. The van der Waals surface area contributed by atoms with E-state index in [0.717, 1.165) is 30.3 Å². The molecule has 1 saturated heterocycles. The van der Waals surface area contributed by atoms with Crippen LogP contribution in [0.1, 0.15) is 24.8 Å². The summed E-state index contributed by atoms with van der Waals surface area (Å²) >= 11 is 3.24. The Balaban J connectivity index is 2.11. The first-order valence-electron chi connectivity index (χ1n) is 5.78. The van der Waals surface area contributed by atoms with Gasteiger partial charge in [-0.15, -0.1) is 0 Å². The molecule has 1 heterocycles. The van der Waals surface area contributed by atoms with Gasteiger partial charge in [-0.1, -0.05) is 22.0 Å².